The summed E-state index contributed by atoms with van der Waals surface area (Å²) in [4.78, 5) is 0. The summed E-state index contributed by atoms with van der Waals surface area (Å²) in [6.45, 7) is 0.316. The number of benzene rings is 2. The van der Waals surface area contributed by atoms with Crippen LogP contribution in [0.1, 0.15) is 11.1 Å². The molecule has 0 aromatic heterocycles. The van der Waals surface area contributed by atoms with E-state index in [9.17, 15) is 0 Å². The van der Waals surface area contributed by atoms with Crippen LogP contribution >= 0.6 is 15.9 Å². The van der Waals surface area contributed by atoms with E-state index in [1.54, 1.807) is 12.1 Å². The maximum atomic E-state index is 8.99. The molecule has 2 rings (SSSR count). The van der Waals surface area contributed by atoms with Gasteiger partial charge in [-0.15, -0.1) is 0 Å². The maximum Gasteiger partial charge on any atom is 0.156 e. The van der Waals surface area contributed by atoms with E-state index < -0.39 is 0 Å². The van der Waals surface area contributed by atoms with Crippen LogP contribution in [0.15, 0.2) is 46.9 Å². The fraction of sp³-hybridized carbons (Fsp3) is 0.0714. The molecular formula is C14H11BrN2O. The fourth-order valence-corrected chi connectivity index (χ4v) is 2.08. The Morgan fingerprint density at radius 1 is 1.17 bits per heavy atom. The molecule has 0 aliphatic carbocycles. The van der Waals surface area contributed by atoms with Gasteiger partial charge in [-0.3, -0.25) is 0 Å². The molecule has 4 heteroatoms. The molecule has 0 aliphatic rings. The third kappa shape index (κ3) is 2.63. The number of para-hydroxylation sites is 1. The smallest absolute Gasteiger partial charge is 0.156 e. The number of nitrogen functional groups attached to an aromatic ring is 1. The molecule has 3 nitrogen and oxygen atoms in total. The van der Waals surface area contributed by atoms with E-state index in [0.717, 1.165) is 10.0 Å². The molecule has 0 unspecified atom stereocenters. The molecule has 0 fully saturated rings. The van der Waals surface area contributed by atoms with Crippen molar-refractivity contribution in [3.8, 4) is 11.8 Å². The van der Waals surface area contributed by atoms with Crippen LogP contribution < -0.4 is 10.5 Å². The highest BCUT2D eigenvalue weighted by Gasteiger charge is 2.07. The standard InChI is InChI=1S/C14H11BrN2O/c15-12-6-3-7-13(17)14(12)18-9-11-5-2-1-4-10(11)8-16/h1-7H,9,17H2. The van der Waals surface area contributed by atoms with Crippen molar-refractivity contribution in [1.82, 2.24) is 0 Å². The van der Waals surface area contributed by atoms with Crippen LogP contribution in [0.2, 0.25) is 0 Å². The molecule has 0 aliphatic heterocycles. The minimum absolute atomic E-state index is 0.316. The van der Waals surface area contributed by atoms with Gasteiger partial charge in [0.05, 0.1) is 21.8 Å². The quantitative estimate of drug-likeness (QED) is 0.883. The largest absolute Gasteiger partial charge is 0.486 e. The lowest BCUT2D eigenvalue weighted by Crippen LogP contribution is -2.01. The molecule has 18 heavy (non-hydrogen) atoms. The summed E-state index contributed by atoms with van der Waals surface area (Å²) < 4.78 is 6.48. The summed E-state index contributed by atoms with van der Waals surface area (Å²) >= 11 is 3.39. The van der Waals surface area contributed by atoms with Crippen LogP contribution in [-0.4, -0.2) is 0 Å². The Morgan fingerprint density at radius 3 is 2.67 bits per heavy atom. The summed E-state index contributed by atoms with van der Waals surface area (Å²) in [6.07, 6.45) is 0. The van der Waals surface area contributed by atoms with Crippen molar-refractivity contribution < 1.29 is 4.74 Å². The highest BCUT2D eigenvalue weighted by molar-refractivity contribution is 9.10. The lowest BCUT2D eigenvalue weighted by molar-refractivity contribution is 0.305. The van der Waals surface area contributed by atoms with E-state index in [2.05, 4.69) is 22.0 Å². The monoisotopic (exact) mass is 302 g/mol. The second kappa shape index (κ2) is 5.56. The molecule has 0 heterocycles. The molecule has 90 valence electrons. The Balaban J connectivity index is 2.20. The van der Waals surface area contributed by atoms with Crippen LogP contribution in [0.5, 0.6) is 5.75 Å². The highest BCUT2D eigenvalue weighted by atomic mass is 79.9. The summed E-state index contributed by atoms with van der Waals surface area (Å²) in [5, 5.41) is 8.99. The number of hydrogen-bond acceptors (Lipinski definition) is 3. The van der Waals surface area contributed by atoms with E-state index in [0.29, 0.717) is 23.6 Å². The molecular weight excluding hydrogens is 292 g/mol. The van der Waals surface area contributed by atoms with Crippen molar-refractivity contribution >= 4 is 21.6 Å². The number of hydrogen-bond donors (Lipinski definition) is 1. The zero-order valence-corrected chi connectivity index (χ0v) is 11.1. The topological polar surface area (TPSA) is 59.0 Å². The van der Waals surface area contributed by atoms with E-state index in [4.69, 9.17) is 15.7 Å². The first-order valence-electron chi connectivity index (χ1n) is 5.37. The van der Waals surface area contributed by atoms with Crippen LogP contribution in [0.3, 0.4) is 0 Å². The van der Waals surface area contributed by atoms with Gasteiger partial charge in [-0.1, -0.05) is 24.3 Å². The Hall–Kier alpha value is -1.99. The number of nitrogens with two attached hydrogens (primary N) is 1. The molecule has 2 aromatic rings. The Labute approximate surface area is 114 Å². The normalized spacial score (nSPS) is 9.78. The van der Waals surface area contributed by atoms with Gasteiger partial charge >= 0.3 is 0 Å². The number of nitriles is 1. The Bertz CT molecular complexity index is 585. The maximum absolute atomic E-state index is 8.99. The highest BCUT2D eigenvalue weighted by Crippen LogP contribution is 2.31. The Kier molecular flexibility index (Phi) is 3.85. The molecule has 0 atom stereocenters. The lowest BCUT2D eigenvalue weighted by Gasteiger charge is -2.11. The number of anilines is 1. The van der Waals surface area contributed by atoms with Crippen molar-refractivity contribution in [3.63, 3.8) is 0 Å². The van der Waals surface area contributed by atoms with E-state index in [-0.39, 0.29) is 0 Å². The average Bonchev–Trinajstić information content (AvgIpc) is 2.38. The zero-order valence-electron chi connectivity index (χ0n) is 9.56. The molecule has 0 radical (unpaired) electrons. The summed E-state index contributed by atoms with van der Waals surface area (Å²) in [5.74, 6) is 0.602. The van der Waals surface area contributed by atoms with E-state index >= 15 is 0 Å². The number of rotatable bonds is 3. The zero-order chi connectivity index (χ0) is 13.0. The minimum atomic E-state index is 0.316. The second-order valence-corrected chi connectivity index (χ2v) is 4.57. The van der Waals surface area contributed by atoms with Crippen molar-refractivity contribution in [2.45, 2.75) is 6.61 Å². The molecule has 0 saturated carbocycles. The third-order valence-corrected chi connectivity index (χ3v) is 3.13. The van der Waals surface area contributed by atoms with Gasteiger partial charge in [0.2, 0.25) is 0 Å². The van der Waals surface area contributed by atoms with E-state index in [1.807, 2.05) is 30.3 Å². The first-order chi connectivity index (χ1) is 8.72. The van der Waals surface area contributed by atoms with Crippen LogP contribution in [0, 0.1) is 11.3 Å². The predicted octanol–water partition coefficient (Wildman–Crippen LogP) is 3.48. The summed E-state index contributed by atoms with van der Waals surface area (Å²) in [5.41, 5.74) is 7.86. The first kappa shape index (κ1) is 12.5. The molecule has 0 bridgehead atoms. The van der Waals surface area contributed by atoms with Gasteiger partial charge in [0, 0.05) is 5.56 Å². The molecule has 2 N–H and O–H groups in total. The molecule has 0 saturated heterocycles. The number of ether oxygens (including phenoxy) is 1. The van der Waals surface area contributed by atoms with Gasteiger partial charge < -0.3 is 10.5 Å². The van der Waals surface area contributed by atoms with Crippen LogP contribution in [-0.2, 0) is 6.61 Å². The van der Waals surface area contributed by atoms with Gasteiger partial charge in [0.25, 0.3) is 0 Å². The van der Waals surface area contributed by atoms with Gasteiger partial charge in [-0.25, -0.2) is 0 Å². The number of halogens is 1. The lowest BCUT2D eigenvalue weighted by atomic mass is 10.1. The minimum Gasteiger partial charge on any atom is -0.486 e. The van der Waals surface area contributed by atoms with Crippen LogP contribution in [0.25, 0.3) is 0 Å². The summed E-state index contributed by atoms with van der Waals surface area (Å²) in [6, 6.07) is 15.0. The second-order valence-electron chi connectivity index (χ2n) is 3.72. The molecule has 2 aromatic carbocycles. The van der Waals surface area contributed by atoms with Crippen LogP contribution in [0.4, 0.5) is 5.69 Å². The van der Waals surface area contributed by atoms with E-state index in [1.165, 1.54) is 0 Å². The van der Waals surface area contributed by atoms with Gasteiger partial charge in [0.1, 0.15) is 6.61 Å². The number of nitrogens with zero attached hydrogens (tertiary/aromatic N) is 1. The molecule has 0 spiro atoms. The van der Waals surface area contributed by atoms with Gasteiger partial charge in [-0.2, -0.15) is 5.26 Å². The van der Waals surface area contributed by atoms with Crippen molar-refractivity contribution in [3.05, 3.63) is 58.1 Å². The molecule has 0 amide bonds. The Morgan fingerprint density at radius 2 is 1.94 bits per heavy atom. The summed E-state index contributed by atoms with van der Waals surface area (Å²) in [7, 11) is 0. The van der Waals surface area contributed by atoms with Crippen molar-refractivity contribution in [1.29, 1.82) is 5.26 Å². The fourth-order valence-electron chi connectivity index (χ4n) is 1.58. The SMILES string of the molecule is N#Cc1ccccc1COc1c(N)cccc1Br. The van der Waals surface area contributed by atoms with Gasteiger partial charge in [-0.05, 0) is 34.1 Å². The van der Waals surface area contributed by atoms with Crippen molar-refractivity contribution in [2.75, 3.05) is 5.73 Å². The van der Waals surface area contributed by atoms with Gasteiger partial charge in [0.15, 0.2) is 5.75 Å². The van der Waals surface area contributed by atoms with Crippen molar-refractivity contribution in [2.24, 2.45) is 0 Å². The average molecular weight is 303 g/mol. The first-order valence-corrected chi connectivity index (χ1v) is 6.16. The third-order valence-electron chi connectivity index (χ3n) is 2.51. The predicted molar refractivity (Wildman–Crippen MR) is 74.0 cm³/mol.